The van der Waals surface area contributed by atoms with Crippen molar-refractivity contribution in [1.29, 1.82) is 0 Å². The number of aliphatic hydroxyl groups is 1. The molecule has 0 aromatic carbocycles. The third-order valence-electron chi connectivity index (χ3n) is 6.52. The molecular weight excluding hydrogens is 330 g/mol. The molecule has 4 heterocycles. The van der Waals surface area contributed by atoms with E-state index in [2.05, 4.69) is 31.6 Å². The van der Waals surface area contributed by atoms with Gasteiger partial charge in [0.05, 0.1) is 12.6 Å². The smallest absolute Gasteiger partial charge is 0.146 e. The average Bonchev–Trinajstić information content (AvgIpc) is 3.05. The summed E-state index contributed by atoms with van der Waals surface area (Å²) < 4.78 is 7.72. The van der Waals surface area contributed by atoms with Crippen LogP contribution in [0.1, 0.15) is 56.1 Å². The molecule has 0 bridgehead atoms. The SMILES string of the molecule is Cn1c(CN2CCC(O)CC2)nnc1C1CCN(C2CCOCC2)CC1. The fourth-order valence-electron chi connectivity index (χ4n) is 4.72. The molecule has 4 rings (SSSR count). The Morgan fingerprint density at radius 1 is 0.962 bits per heavy atom. The Morgan fingerprint density at radius 2 is 1.65 bits per heavy atom. The van der Waals surface area contributed by atoms with Gasteiger partial charge in [0, 0.05) is 45.3 Å². The van der Waals surface area contributed by atoms with Gasteiger partial charge < -0.3 is 19.3 Å². The lowest BCUT2D eigenvalue weighted by atomic mass is 9.93. The molecule has 0 atom stereocenters. The number of nitrogens with zero attached hydrogens (tertiary/aromatic N) is 5. The van der Waals surface area contributed by atoms with E-state index in [1.54, 1.807) is 0 Å². The van der Waals surface area contributed by atoms with Crippen LogP contribution < -0.4 is 0 Å². The average molecular weight is 364 g/mol. The fourth-order valence-corrected chi connectivity index (χ4v) is 4.72. The molecule has 0 aliphatic carbocycles. The van der Waals surface area contributed by atoms with Gasteiger partial charge in [-0.15, -0.1) is 10.2 Å². The Kier molecular flexibility index (Phi) is 5.88. The van der Waals surface area contributed by atoms with Gasteiger partial charge in [0.15, 0.2) is 0 Å². The second-order valence-corrected chi connectivity index (χ2v) is 8.19. The molecule has 0 spiro atoms. The molecule has 0 radical (unpaired) electrons. The highest BCUT2D eigenvalue weighted by molar-refractivity contribution is 5.04. The highest BCUT2D eigenvalue weighted by atomic mass is 16.5. The van der Waals surface area contributed by atoms with Gasteiger partial charge in [0.2, 0.25) is 0 Å². The van der Waals surface area contributed by atoms with Crippen LogP contribution in [0.5, 0.6) is 0 Å². The van der Waals surface area contributed by atoms with Crippen molar-refractivity contribution < 1.29 is 9.84 Å². The second kappa shape index (κ2) is 8.33. The minimum absolute atomic E-state index is 0.123. The normalized spacial score (nSPS) is 25.8. The first-order valence-corrected chi connectivity index (χ1v) is 10.3. The molecule has 26 heavy (non-hydrogen) atoms. The van der Waals surface area contributed by atoms with E-state index in [4.69, 9.17) is 4.74 Å². The number of ether oxygens (including phenoxy) is 1. The maximum Gasteiger partial charge on any atom is 0.146 e. The summed E-state index contributed by atoms with van der Waals surface area (Å²) in [4.78, 5) is 5.05. The van der Waals surface area contributed by atoms with Crippen LogP contribution in [0.4, 0.5) is 0 Å². The number of piperidine rings is 2. The molecule has 0 unspecified atom stereocenters. The van der Waals surface area contributed by atoms with Crippen LogP contribution in [0.25, 0.3) is 0 Å². The monoisotopic (exact) mass is 363 g/mol. The van der Waals surface area contributed by atoms with E-state index >= 15 is 0 Å². The van der Waals surface area contributed by atoms with Crippen LogP contribution in [0.2, 0.25) is 0 Å². The van der Waals surface area contributed by atoms with E-state index in [0.717, 1.165) is 57.3 Å². The van der Waals surface area contributed by atoms with Crippen LogP contribution in [-0.2, 0) is 18.3 Å². The quantitative estimate of drug-likeness (QED) is 0.865. The van der Waals surface area contributed by atoms with Crippen LogP contribution in [-0.4, -0.2) is 81.2 Å². The molecule has 1 aromatic rings. The van der Waals surface area contributed by atoms with Crippen molar-refractivity contribution in [1.82, 2.24) is 24.6 Å². The van der Waals surface area contributed by atoms with Gasteiger partial charge in [-0.25, -0.2) is 0 Å². The Labute approximate surface area is 156 Å². The minimum Gasteiger partial charge on any atom is -0.393 e. The van der Waals surface area contributed by atoms with Gasteiger partial charge in [-0.1, -0.05) is 0 Å². The summed E-state index contributed by atoms with van der Waals surface area (Å²) in [5, 5.41) is 18.7. The van der Waals surface area contributed by atoms with Gasteiger partial charge >= 0.3 is 0 Å². The number of hydrogen-bond donors (Lipinski definition) is 1. The first kappa shape index (κ1) is 18.3. The molecule has 1 N–H and O–H groups in total. The van der Waals surface area contributed by atoms with E-state index < -0.39 is 0 Å². The van der Waals surface area contributed by atoms with Crippen molar-refractivity contribution >= 4 is 0 Å². The molecule has 7 nitrogen and oxygen atoms in total. The molecule has 1 aromatic heterocycles. The summed E-state index contributed by atoms with van der Waals surface area (Å²) in [5.41, 5.74) is 0. The number of likely N-dealkylation sites (tertiary alicyclic amines) is 2. The van der Waals surface area contributed by atoms with Crippen molar-refractivity contribution in [3.05, 3.63) is 11.6 Å². The molecule has 3 aliphatic rings. The zero-order valence-electron chi connectivity index (χ0n) is 16.0. The maximum absolute atomic E-state index is 9.67. The highest BCUT2D eigenvalue weighted by Crippen LogP contribution is 2.29. The zero-order chi connectivity index (χ0) is 17.9. The zero-order valence-corrected chi connectivity index (χ0v) is 16.0. The fraction of sp³-hybridized carbons (Fsp3) is 0.895. The summed E-state index contributed by atoms with van der Waals surface area (Å²) in [6.45, 7) is 6.93. The second-order valence-electron chi connectivity index (χ2n) is 8.19. The van der Waals surface area contributed by atoms with Crippen molar-refractivity contribution in [3.63, 3.8) is 0 Å². The van der Waals surface area contributed by atoms with E-state index in [9.17, 15) is 5.11 Å². The summed E-state index contributed by atoms with van der Waals surface area (Å²) in [5.74, 6) is 2.74. The Morgan fingerprint density at radius 3 is 2.35 bits per heavy atom. The van der Waals surface area contributed by atoms with Crippen molar-refractivity contribution in [2.24, 2.45) is 7.05 Å². The van der Waals surface area contributed by atoms with Gasteiger partial charge in [0.25, 0.3) is 0 Å². The highest BCUT2D eigenvalue weighted by Gasteiger charge is 2.29. The lowest BCUT2D eigenvalue weighted by Gasteiger charge is -2.39. The molecule has 3 aliphatic heterocycles. The van der Waals surface area contributed by atoms with E-state index in [1.807, 2.05) is 0 Å². The minimum atomic E-state index is -0.123. The first-order chi connectivity index (χ1) is 12.7. The Bertz CT molecular complexity index is 570. The van der Waals surface area contributed by atoms with Crippen molar-refractivity contribution in [3.8, 4) is 0 Å². The molecule has 146 valence electrons. The molecule has 3 saturated heterocycles. The van der Waals surface area contributed by atoms with E-state index in [0.29, 0.717) is 12.0 Å². The predicted molar refractivity (Wildman–Crippen MR) is 98.9 cm³/mol. The molecule has 0 amide bonds. The first-order valence-electron chi connectivity index (χ1n) is 10.3. The summed E-state index contributed by atoms with van der Waals surface area (Å²) in [6, 6.07) is 0.717. The molecule has 7 heteroatoms. The van der Waals surface area contributed by atoms with Gasteiger partial charge in [-0.3, -0.25) is 4.90 Å². The van der Waals surface area contributed by atoms with Crippen LogP contribution >= 0.6 is 0 Å². The van der Waals surface area contributed by atoms with Gasteiger partial charge in [0.1, 0.15) is 11.6 Å². The molecule has 3 fully saturated rings. The largest absolute Gasteiger partial charge is 0.393 e. The Balaban J connectivity index is 1.32. The number of hydrogen-bond acceptors (Lipinski definition) is 6. The topological polar surface area (TPSA) is 66.7 Å². The molecule has 0 saturated carbocycles. The third kappa shape index (κ3) is 4.11. The van der Waals surface area contributed by atoms with Gasteiger partial charge in [-0.2, -0.15) is 0 Å². The van der Waals surface area contributed by atoms with E-state index in [-0.39, 0.29) is 6.10 Å². The lowest BCUT2D eigenvalue weighted by Crippen LogP contribution is -2.44. The number of rotatable bonds is 4. The summed E-state index contributed by atoms with van der Waals surface area (Å²) in [6.07, 6.45) is 6.35. The third-order valence-corrected chi connectivity index (χ3v) is 6.52. The predicted octanol–water partition coefficient (Wildman–Crippen LogP) is 1.13. The lowest BCUT2D eigenvalue weighted by molar-refractivity contribution is 0.0247. The van der Waals surface area contributed by atoms with Crippen LogP contribution in [0.3, 0.4) is 0 Å². The summed E-state index contributed by atoms with van der Waals surface area (Å²) >= 11 is 0. The maximum atomic E-state index is 9.67. The standard InChI is InChI=1S/C19H33N5O2/c1-22-18(14-23-8-4-17(25)5-9-23)20-21-19(22)15-2-10-24(11-3-15)16-6-12-26-13-7-16/h15-17,25H,2-14H2,1H3. The number of aromatic nitrogens is 3. The molecular formula is C19H33N5O2. The van der Waals surface area contributed by atoms with Crippen molar-refractivity contribution in [2.45, 2.75) is 63.1 Å². The van der Waals surface area contributed by atoms with Crippen LogP contribution in [0.15, 0.2) is 0 Å². The van der Waals surface area contributed by atoms with E-state index in [1.165, 1.54) is 38.8 Å². The number of aliphatic hydroxyl groups excluding tert-OH is 1. The summed E-state index contributed by atoms with van der Waals surface area (Å²) in [7, 11) is 2.12. The Hall–Kier alpha value is -1.02. The van der Waals surface area contributed by atoms with Crippen molar-refractivity contribution in [2.75, 3.05) is 39.4 Å². The van der Waals surface area contributed by atoms with Gasteiger partial charge in [-0.05, 0) is 51.6 Å². The van der Waals surface area contributed by atoms with Crippen LogP contribution in [0, 0.1) is 0 Å².